The molecule has 2 fully saturated rings. The van der Waals surface area contributed by atoms with Crippen molar-refractivity contribution < 1.29 is 19.2 Å². The Bertz CT molecular complexity index is 955. The van der Waals surface area contributed by atoms with Gasteiger partial charge < -0.3 is 14.5 Å². The zero-order chi connectivity index (χ0) is 20.4. The summed E-state index contributed by atoms with van der Waals surface area (Å²) in [5.74, 6) is -0.903. The molecule has 2 aromatic carbocycles. The first-order chi connectivity index (χ1) is 14.0. The number of carbonyl (C=O) groups is 2. The van der Waals surface area contributed by atoms with Crippen molar-refractivity contribution in [1.82, 2.24) is 0 Å². The number of non-ortho nitro benzene ring substituents is 1. The molecule has 2 aromatic rings. The van der Waals surface area contributed by atoms with Gasteiger partial charge in [-0.15, -0.1) is 0 Å². The molecule has 2 saturated heterocycles. The van der Waals surface area contributed by atoms with Crippen LogP contribution in [0.4, 0.5) is 17.1 Å². The highest BCUT2D eigenvalue weighted by Gasteiger charge is 2.36. The van der Waals surface area contributed by atoms with Crippen molar-refractivity contribution in [3.8, 4) is 0 Å². The van der Waals surface area contributed by atoms with Crippen molar-refractivity contribution in [3.05, 3.63) is 64.2 Å². The van der Waals surface area contributed by atoms with E-state index in [-0.39, 0.29) is 11.6 Å². The molecule has 150 valence electrons. The number of hydrogen-bond donors (Lipinski definition) is 0. The number of rotatable bonds is 5. The lowest BCUT2D eigenvalue weighted by molar-refractivity contribution is -0.384. The van der Waals surface area contributed by atoms with Gasteiger partial charge in [0.1, 0.15) is 0 Å². The summed E-state index contributed by atoms with van der Waals surface area (Å²) in [6.45, 7) is 2.28. The first kappa shape index (κ1) is 18.9. The molecule has 1 unspecified atom stereocenters. The minimum atomic E-state index is -0.891. The fourth-order valence-electron chi connectivity index (χ4n) is 3.80. The molecule has 0 saturated carbocycles. The van der Waals surface area contributed by atoms with E-state index in [1.165, 1.54) is 23.1 Å². The summed E-state index contributed by atoms with van der Waals surface area (Å²) in [4.78, 5) is 39.4. The van der Waals surface area contributed by atoms with E-state index in [1.54, 1.807) is 18.2 Å². The third kappa shape index (κ3) is 3.91. The molecular weight excluding hydrogens is 374 g/mol. The molecule has 0 N–H and O–H groups in total. The maximum atomic E-state index is 12.7. The lowest BCUT2D eigenvalue weighted by Crippen LogP contribution is -2.32. The molecule has 0 bridgehead atoms. The molecule has 0 aliphatic carbocycles. The minimum absolute atomic E-state index is 0.0885. The van der Waals surface area contributed by atoms with E-state index < -0.39 is 17.0 Å². The number of nitro groups is 1. The largest absolute Gasteiger partial charge is 0.449 e. The maximum absolute atomic E-state index is 12.7. The maximum Gasteiger partial charge on any atom is 0.338 e. The fourth-order valence-corrected chi connectivity index (χ4v) is 3.80. The van der Waals surface area contributed by atoms with Crippen LogP contribution in [-0.2, 0) is 9.53 Å². The highest BCUT2D eigenvalue weighted by Crippen LogP contribution is 2.27. The van der Waals surface area contributed by atoms with Crippen LogP contribution in [0.5, 0.6) is 0 Å². The molecular formula is C21H21N3O5. The smallest absolute Gasteiger partial charge is 0.338 e. The molecule has 0 radical (unpaired) electrons. The minimum Gasteiger partial charge on any atom is -0.449 e. The Morgan fingerprint density at radius 3 is 2.52 bits per heavy atom. The quantitative estimate of drug-likeness (QED) is 0.439. The number of nitro benzene ring substituents is 1. The Kier molecular flexibility index (Phi) is 5.16. The third-order valence-corrected chi connectivity index (χ3v) is 5.31. The van der Waals surface area contributed by atoms with Crippen molar-refractivity contribution >= 4 is 28.9 Å². The van der Waals surface area contributed by atoms with Crippen LogP contribution in [0.1, 0.15) is 29.6 Å². The van der Waals surface area contributed by atoms with Gasteiger partial charge in [0, 0.05) is 43.9 Å². The zero-order valence-electron chi connectivity index (χ0n) is 15.8. The molecule has 8 heteroatoms. The molecule has 0 aromatic heterocycles. The van der Waals surface area contributed by atoms with Gasteiger partial charge in [0.25, 0.3) is 11.6 Å². The summed E-state index contributed by atoms with van der Waals surface area (Å²) in [5, 5.41) is 11.0. The number of esters is 1. The van der Waals surface area contributed by atoms with Crippen LogP contribution in [0.25, 0.3) is 0 Å². The Morgan fingerprint density at radius 1 is 1.03 bits per heavy atom. The number of amides is 1. The van der Waals surface area contributed by atoms with Crippen LogP contribution in [-0.4, -0.2) is 42.5 Å². The van der Waals surface area contributed by atoms with Gasteiger partial charge in [0.05, 0.1) is 16.2 Å². The van der Waals surface area contributed by atoms with E-state index in [1.807, 2.05) is 12.1 Å². The number of nitrogens with zero attached hydrogens (tertiary/aromatic N) is 3. The first-order valence-electron chi connectivity index (χ1n) is 9.65. The summed E-state index contributed by atoms with van der Waals surface area (Å²) in [5.41, 5.74) is 1.73. The van der Waals surface area contributed by atoms with Crippen LogP contribution in [0.2, 0.25) is 0 Å². The number of benzene rings is 2. The Balaban J connectivity index is 1.44. The van der Waals surface area contributed by atoms with Gasteiger partial charge in [-0.1, -0.05) is 12.1 Å². The summed E-state index contributed by atoms with van der Waals surface area (Å²) in [6, 6.07) is 13.1. The molecule has 2 aliphatic heterocycles. The summed E-state index contributed by atoms with van der Waals surface area (Å²) < 4.78 is 5.47. The molecule has 29 heavy (non-hydrogen) atoms. The second kappa shape index (κ2) is 7.90. The molecule has 8 nitrogen and oxygen atoms in total. The predicted octanol–water partition coefficient (Wildman–Crippen LogP) is 3.16. The van der Waals surface area contributed by atoms with E-state index in [2.05, 4.69) is 4.90 Å². The van der Waals surface area contributed by atoms with Crippen molar-refractivity contribution in [2.24, 2.45) is 0 Å². The summed E-state index contributed by atoms with van der Waals surface area (Å²) >= 11 is 0. The second-order valence-corrected chi connectivity index (χ2v) is 7.19. The lowest BCUT2D eigenvalue weighted by atomic mass is 10.2. The highest BCUT2D eigenvalue weighted by molar-refractivity contribution is 6.01. The molecule has 0 spiro atoms. The zero-order valence-corrected chi connectivity index (χ0v) is 15.8. The van der Waals surface area contributed by atoms with Crippen LogP contribution in [0.15, 0.2) is 48.5 Å². The van der Waals surface area contributed by atoms with Gasteiger partial charge >= 0.3 is 5.97 Å². The number of carbonyl (C=O) groups excluding carboxylic acids is 2. The van der Waals surface area contributed by atoms with Gasteiger partial charge in [-0.05, 0) is 37.1 Å². The van der Waals surface area contributed by atoms with Gasteiger partial charge in [-0.25, -0.2) is 4.79 Å². The van der Waals surface area contributed by atoms with Crippen LogP contribution in [0.3, 0.4) is 0 Å². The average molecular weight is 395 g/mol. The van der Waals surface area contributed by atoms with Crippen LogP contribution < -0.4 is 9.80 Å². The average Bonchev–Trinajstić information content (AvgIpc) is 3.39. The lowest BCUT2D eigenvalue weighted by Gasteiger charge is -2.19. The normalized spacial score (nSPS) is 18.9. The van der Waals surface area contributed by atoms with Crippen molar-refractivity contribution in [2.45, 2.75) is 25.4 Å². The number of anilines is 2. The standard InChI is InChI=1S/C21H21N3O5/c25-20-19(9-12-23(20)17-7-4-8-18(14-17)24(27)28)29-21(26)15-5-3-6-16(13-15)22-10-1-2-11-22/h3-8,13-14,19H,1-2,9-12H2. The Hall–Kier alpha value is -3.42. The van der Waals surface area contributed by atoms with Crippen molar-refractivity contribution in [1.29, 1.82) is 0 Å². The topological polar surface area (TPSA) is 93.0 Å². The van der Waals surface area contributed by atoms with Crippen molar-refractivity contribution in [3.63, 3.8) is 0 Å². The van der Waals surface area contributed by atoms with Gasteiger partial charge in [0.15, 0.2) is 6.10 Å². The highest BCUT2D eigenvalue weighted by atomic mass is 16.6. The van der Waals surface area contributed by atoms with Crippen LogP contribution in [0, 0.1) is 10.1 Å². The van der Waals surface area contributed by atoms with E-state index in [0.717, 1.165) is 31.6 Å². The first-order valence-corrected chi connectivity index (χ1v) is 9.65. The van der Waals surface area contributed by atoms with E-state index in [0.29, 0.717) is 24.2 Å². The molecule has 2 aliphatic rings. The SMILES string of the molecule is O=C(OC1CCN(c2cccc([N+](=O)[O-])c2)C1=O)c1cccc(N2CCCC2)c1. The summed E-state index contributed by atoms with van der Waals surface area (Å²) in [7, 11) is 0. The van der Waals surface area contributed by atoms with Crippen LogP contribution >= 0.6 is 0 Å². The van der Waals surface area contributed by atoms with Gasteiger partial charge in [0.2, 0.25) is 0 Å². The van der Waals surface area contributed by atoms with Gasteiger partial charge in [-0.2, -0.15) is 0 Å². The van der Waals surface area contributed by atoms with E-state index in [9.17, 15) is 19.7 Å². The fraction of sp³-hybridized carbons (Fsp3) is 0.333. The second-order valence-electron chi connectivity index (χ2n) is 7.19. The summed E-state index contributed by atoms with van der Waals surface area (Å²) in [6.07, 6.45) is 1.73. The predicted molar refractivity (Wildman–Crippen MR) is 107 cm³/mol. The Labute approximate surface area is 167 Å². The molecule has 4 rings (SSSR count). The number of ether oxygens (including phenoxy) is 1. The number of hydrogen-bond acceptors (Lipinski definition) is 6. The van der Waals surface area contributed by atoms with E-state index >= 15 is 0 Å². The molecule has 1 atom stereocenters. The molecule has 1 amide bonds. The monoisotopic (exact) mass is 395 g/mol. The third-order valence-electron chi connectivity index (χ3n) is 5.31. The van der Waals surface area contributed by atoms with Gasteiger partial charge in [-0.3, -0.25) is 14.9 Å². The van der Waals surface area contributed by atoms with E-state index in [4.69, 9.17) is 4.74 Å². The van der Waals surface area contributed by atoms with Crippen molar-refractivity contribution in [2.75, 3.05) is 29.4 Å². The molecule has 2 heterocycles. The Morgan fingerprint density at radius 2 is 1.76 bits per heavy atom.